The molecule has 3 N–H and O–H groups in total. The maximum atomic E-state index is 13.8. The van der Waals surface area contributed by atoms with Gasteiger partial charge in [0.1, 0.15) is 12.4 Å². The number of ether oxygens (including phenoxy) is 3. The monoisotopic (exact) mass is 567 g/mol. The number of rotatable bonds is 10. The van der Waals surface area contributed by atoms with Crippen molar-refractivity contribution >= 4 is 23.5 Å². The van der Waals surface area contributed by atoms with Gasteiger partial charge in [-0.1, -0.05) is 0 Å². The van der Waals surface area contributed by atoms with Crippen LogP contribution < -0.4 is 20.7 Å². The van der Waals surface area contributed by atoms with Gasteiger partial charge in [0.05, 0.1) is 23.5 Å². The quantitative estimate of drug-likeness (QED) is 0.416. The Hall–Kier alpha value is -2.94. The fourth-order valence-electron chi connectivity index (χ4n) is 4.64. The van der Waals surface area contributed by atoms with Crippen LogP contribution in [0.5, 0.6) is 5.75 Å². The molecule has 2 atom stereocenters. The Balaban J connectivity index is 1.13. The van der Waals surface area contributed by atoms with Crippen LogP contribution in [0.3, 0.4) is 0 Å². The maximum absolute atomic E-state index is 13.8. The third-order valence-corrected chi connectivity index (χ3v) is 7.61. The number of alkyl halides is 3. The van der Waals surface area contributed by atoms with E-state index in [1.807, 2.05) is 12.2 Å². The first-order valence-corrected chi connectivity index (χ1v) is 13.7. The van der Waals surface area contributed by atoms with E-state index in [-0.39, 0.29) is 24.1 Å². The lowest BCUT2D eigenvalue weighted by Gasteiger charge is -2.37. The standard InChI is InChI=1S/C25H32F3N7O3S/c1-36-12-13-37-17-4-5-19(18(15-17)25(26,27)28)34-8-6-33(7-9-34)10-14-39-22-16-21-30-23(20-3-2-11-38-20)32-35(21)24(29)31-22/h2,4-5,11,15-16,20,24,31H,3,6-10,12-14,29H2,1H3. The molecule has 0 amide bonds. The number of hydrogen-bond donors (Lipinski definition) is 2. The molecule has 3 aliphatic rings. The first-order chi connectivity index (χ1) is 18.8. The number of methoxy groups -OCH3 is 1. The van der Waals surface area contributed by atoms with Gasteiger partial charge in [0.2, 0.25) is 0 Å². The van der Waals surface area contributed by atoms with Gasteiger partial charge in [-0.25, -0.2) is 9.67 Å². The van der Waals surface area contributed by atoms with Gasteiger partial charge < -0.3 is 24.4 Å². The maximum Gasteiger partial charge on any atom is 0.418 e. The lowest BCUT2D eigenvalue weighted by atomic mass is 10.1. The van der Waals surface area contributed by atoms with E-state index < -0.39 is 18.0 Å². The van der Waals surface area contributed by atoms with Crippen molar-refractivity contribution in [1.29, 1.82) is 0 Å². The van der Waals surface area contributed by atoms with Crippen LogP contribution in [0.4, 0.5) is 18.9 Å². The number of nitrogens with zero attached hydrogens (tertiary/aromatic N) is 5. The van der Waals surface area contributed by atoms with E-state index >= 15 is 0 Å². The Bertz CT molecular complexity index is 1190. The summed E-state index contributed by atoms with van der Waals surface area (Å²) in [6, 6.07) is 4.16. The van der Waals surface area contributed by atoms with E-state index in [9.17, 15) is 13.2 Å². The molecule has 0 spiro atoms. The van der Waals surface area contributed by atoms with Crippen molar-refractivity contribution in [1.82, 2.24) is 25.0 Å². The summed E-state index contributed by atoms with van der Waals surface area (Å²) >= 11 is 1.63. The Labute approximate surface area is 228 Å². The molecule has 39 heavy (non-hydrogen) atoms. The summed E-state index contributed by atoms with van der Waals surface area (Å²) in [6.45, 7) is 3.65. The molecule has 2 unspecified atom stereocenters. The summed E-state index contributed by atoms with van der Waals surface area (Å²) in [5.41, 5.74) is 5.75. The fraction of sp³-hybridized carbons (Fsp3) is 0.520. The summed E-state index contributed by atoms with van der Waals surface area (Å²) in [4.78, 5) is 8.64. The summed E-state index contributed by atoms with van der Waals surface area (Å²) in [5, 5.41) is 8.62. The molecule has 4 heterocycles. The van der Waals surface area contributed by atoms with Crippen LogP contribution in [0.1, 0.15) is 36.0 Å². The van der Waals surface area contributed by atoms with Gasteiger partial charge >= 0.3 is 6.18 Å². The van der Waals surface area contributed by atoms with Gasteiger partial charge in [-0.3, -0.25) is 10.6 Å². The molecule has 212 valence electrons. The van der Waals surface area contributed by atoms with Crippen LogP contribution in [0.25, 0.3) is 6.08 Å². The van der Waals surface area contributed by atoms with Gasteiger partial charge in [-0.15, -0.1) is 16.9 Å². The highest BCUT2D eigenvalue weighted by Crippen LogP contribution is 2.39. The minimum Gasteiger partial charge on any atom is -0.491 e. The lowest BCUT2D eigenvalue weighted by molar-refractivity contribution is -0.137. The zero-order valence-corrected chi connectivity index (χ0v) is 22.4. The highest BCUT2D eigenvalue weighted by atomic mass is 32.2. The normalized spacial score (nSPS) is 21.4. The number of hydrogen-bond acceptors (Lipinski definition) is 10. The predicted molar refractivity (Wildman–Crippen MR) is 142 cm³/mol. The van der Waals surface area contributed by atoms with E-state index in [1.54, 1.807) is 33.7 Å². The fourth-order valence-corrected chi connectivity index (χ4v) is 5.60. The molecular formula is C25H32F3N7O3S. The van der Waals surface area contributed by atoms with Gasteiger partial charge in [0.15, 0.2) is 24.0 Å². The lowest BCUT2D eigenvalue weighted by Crippen LogP contribution is -2.47. The van der Waals surface area contributed by atoms with E-state index in [2.05, 4.69) is 20.3 Å². The van der Waals surface area contributed by atoms with E-state index in [0.29, 0.717) is 44.4 Å². The van der Waals surface area contributed by atoms with Crippen molar-refractivity contribution in [2.45, 2.75) is 25.0 Å². The molecule has 0 bridgehead atoms. The van der Waals surface area contributed by atoms with Crippen molar-refractivity contribution in [2.75, 3.05) is 63.7 Å². The van der Waals surface area contributed by atoms with Crippen LogP contribution >= 0.6 is 11.8 Å². The molecule has 0 saturated carbocycles. The molecule has 3 aliphatic heterocycles. The van der Waals surface area contributed by atoms with Crippen LogP contribution in [0.2, 0.25) is 0 Å². The average molecular weight is 568 g/mol. The number of aromatic nitrogens is 3. The summed E-state index contributed by atoms with van der Waals surface area (Å²) < 4.78 is 59.0. The zero-order chi connectivity index (χ0) is 27.4. The molecule has 1 saturated heterocycles. The van der Waals surface area contributed by atoms with Crippen LogP contribution in [-0.4, -0.2) is 78.5 Å². The van der Waals surface area contributed by atoms with Crippen LogP contribution in [0.15, 0.2) is 35.6 Å². The van der Waals surface area contributed by atoms with Crippen molar-refractivity contribution in [2.24, 2.45) is 5.73 Å². The Morgan fingerprint density at radius 3 is 2.74 bits per heavy atom. The third-order valence-electron chi connectivity index (χ3n) is 6.67. The second kappa shape index (κ2) is 12.1. The Kier molecular flexibility index (Phi) is 8.54. The third kappa shape index (κ3) is 6.62. The SMILES string of the molecule is COCCOc1ccc(N2CCN(CCSC3=Cc4nc(C5CC=CO5)nn4C(N)N3)CC2)c(C(F)(F)F)c1. The minimum atomic E-state index is -4.47. The smallest absolute Gasteiger partial charge is 0.418 e. The summed E-state index contributed by atoms with van der Waals surface area (Å²) in [7, 11) is 1.51. The minimum absolute atomic E-state index is 0.183. The van der Waals surface area contributed by atoms with E-state index in [4.69, 9.17) is 19.9 Å². The van der Waals surface area contributed by atoms with E-state index in [1.165, 1.54) is 13.2 Å². The average Bonchev–Trinajstić information content (AvgIpc) is 3.59. The second-order valence-electron chi connectivity index (χ2n) is 9.30. The Morgan fingerprint density at radius 1 is 1.21 bits per heavy atom. The van der Waals surface area contributed by atoms with E-state index in [0.717, 1.165) is 29.8 Å². The van der Waals surface area contributed by atoms with Crippen LogP contribution in [-0.2, 0) is 15.7 Å². The molecule has 14 heteroatoms. The Morgan fingerprint density at radius 2 is 2.03 bits per heavy atom. The van der Waals surface area contributed by atoms with Gasteiger partial charge in [0.25, 0.3) is 0 Å². The second-order valence-corrected chi connectivity index (χ2v) is 10.4. The molecule has 2 aromatic rings. The molecule has 5 rings (SSSR count). The number of anilines is 1. The molecule has 1 aromatic carbocycles. The van der Waals surface area contributed by atoms with Crippen molar-refractivity contribution in [3.05, 3.63) is 52.8 Å². The first-order valence-electron chi connectivity index (χ1n) is 12.8. The number of thioether (sulfide) groups is 1. The predicted octanol–water partition coefficient (Wildman–Crippen LogP) is 3.17. The number of piperazine rings is 1. The molecule has 0 aliphatic carbocycles. The van der Waals surface area contributed by atoms with Gasteiger partial charge in [-0.05, 0) is 24.3 Å². The number of nitrogens with one attached hydrogen (secondary N) is 1. The summed E-state index contributed by atoms with van der Waals surface area (Å²) in [5.74, 6) is 2.26. The highest BCUT2D eigenvalue weighted by Gasteiger charge is 2.36. The van der Waals surface area contributed by atoms with Crippen molar-refractivity contribution in [3.63, 3.8) is 0 Å². The molecule has 10 nitrogen and oxygen atoms in total. The zero-order valence-electron chi connectivity index (χ0n) is 21.6. The van der Waals surface area contributed by atoms with Gasteiger partial charge in [-0.2, -0.15) is 13.2 Å². The molecular weight excluding hydrogens is 535 g/mol. The molecule has 1 aromatic heterocycles. The highest BCUT2D eigenvalue weighted by molar-refractivity contribution is 8.03. The number of halogens is 3. The largest absolute Gasteiger partial charge is 0.491 e. The van der Waals surface area contributed by atoms with Crippen LogP contribution in [0, 0.1) is 0 Å². The van der Waals surface area contributed by atoms with Crippen molar-refractivity contribution < 1.29 is 27.4 Å². The van der Waals surface area contributed by atoms with Gasteiger partial charge in [0, 0.05) is 63.8 Å². The number of nitrogens with two attached hydrogens (primary N) is 1. The first kappa shape index (κ1) is 27.6. The topological polar surface area (TPSA) is 103 Å². The number of fused-ring (bicyclic) bond motifs is 1. The molecule has 1 fully saturated rings. The summed E-state index contributed by atoms with van der Waals surface area (Å²) in [6.07, 6.45) is 1.07. The number of benzene rings is 1. The molecule has 0 radical (unpaired) electrons. The van der Waals surface area contributed by atoms with Crippen molar-refractivity contribution in [3.8, 4) is 5.75 Å².